The van der Waals surface area contributed by atoms with Gasteiger partial charge in [0.25, 0.3) is 0 Å². The van der Waals surface area contributed by atoms with Crippen molar-refractivity contribution >= 4 is 36.3 Å². The first-order chi connectivity index (χ1) is 13.0. The second-order valence-corrected chi connectivity index (χ2v) is 7.30. The van der Waals surface area contributed by atoms with Gasteiger partial charge in [-0.2, -0.15) is 12.6 Å². The van der Waals surface area contributed by atoms with Crippen molar-refractivity contribution in [1.82, 2.24) is 16.0 Å². The second-order valence-electron chi connectivity index (χ2n) is 6.93. The van der Waals surface area contributed by atoms with Crippen LogP contribution in [0.1, 0.15) is 40.0 Å². The first kappa shape index (κ1) is 26.1. The molecule has 0 aliphatic carbocycles. The molecule has 0 aromatic rings. The Balaban J connectivity index is 4.94. The lowest BCUT2D eigenvalue weighted by molar-refractivity contribution is -0.142. The van der Waals surface area contributed by atoms with Gasteiger partial charge < -0.3 is 32.5 Å². The van der Waals surface area contributed by atoms with Crippen LogP contribution in [0.4, 0.5) is 0 Å². The number of hydrogen-bond donors (Lipinski definition) is 7. The minimum Gasteiger partial charge on any atom is -0.480 e. The van der Waals surface area contributed by atoms with Crippen molar-refractivity contribution in [2.75, 3.05) is 12.3 Å². The summed E-state index contributed by atoms with van der Waals surface area (Å²) in [4.78, 5) is 48.0. The van der Waals surface area contributed by atoms with Crippen LogP contribution < -0.4 is 27.4 Å². The molecule has 10 nitrogen and oxygen atoms in total. The summed E-state index contributed by atoms with van der Waals surface area (Å²) in [6.45, 7) is 5.33. The highest BCUT2D eigenvalue weighted by Crippen LogP contribution is 2.06. The quantitative estimate of drug-likeness (QED) is 0.142. The third-order valence-corrected chi connectivity index (χ3v) is 4.49. The van der Waals surface area contributed by atoms with E-state index in [0.29, 0.717) is 19.4 Å². The van der Waals surface area contributed by atoms with Gasteiger partial charge in [-0.3, -0.25) is 14.4 Å². The molecule has 8 N–H and O–H groups in total. The van der Waals surface area contributed by atoms with E-state index in [9.17, 15) is 24.3 Å². The molecule has 162 valence electrons. The van der Waals surface area contributed by atoms with E-state index in [1.54, 1.807) is 13.8 Å². The Morgan fingerprint density at radius 2 is 1.57 bits per heavy atom. The summed E-state index contributed by atoms with van der Waals surface area (Å²) in [6.07, 6.45) is 1.45. The zero-order valence-corrected chi connectivity index (χ0v) is 17.5. The molecule has 0 spiro atoms. The van der Waals surface area contributed by atoms with Gasteiger partial charge in [-0.05, 0) is 38.6 Å². The van der Waals surface area contributed by atoms with Crippen molar-refractivity contribution in [3.05, 3.63) is 0 Å². The van der Waals surface area contributed by atoms with E-state index < -0.39 is 47.9 Å². The van der Waals surface area contributed by atoms with Gasteiger partial charge in [0.2, 0.25) is 17.7 Å². The molecule has 0 heterocycles. The molecule has 4 atom stereocenters. The third-order valence-electron chi connectivity index (χ3n) is 4.09. The van der Waals surface area contributed by atoms with E-state index in [2.05, 4.69) is 28.6 Å². The number of thiol groups is 1. The molecular formula is C17H33N5O5S. The molecule has 0 aliphatic heterocycles. The molecular weight excluding hydrogens is 386 g/mol. The van der Waals surface area contributed by atoms with Crippen LogP contribution in [0.15, 0.2) is 0 Å². The predicted molar refractivity (Wildman–Crippen MR) is 109 cm³/mol. The fourth-order valence-electron chi connectivity index (χ4n) is 2.29. The van der Waals surface area contributed by atoms with Crippen LogP contribution in [0.25, 0.3) is 0 Å². The van der Waals surface area contributed by atoms with E-state index in [4.69, 9.17) is 11.5 Å². The van der Waals surface area contributed by atoms with Crippen molar-refractivity contribution in [2.45, 2.75) is 64.2 Å². The SMILES string of the molecule is CC(C)[C@H](NC(=O)[C@H](C)NC(=O)[C@@H](N)CS)C(=O)N[C@@H](CCCCN)C(=O)O. The Bertz CT molecular complexity index is 546. The Labute approximate surface area is 171 Å². The summed E-state index contributed by atoms with van der Waals surface area (Å²) >= 11 is 3.92. The predicted octanol–water partition coefficient (Wildman–Crippen LogP) is -1.41. The molecule has 0 bridgehead atoms. The van der Waals surface area contributed by atoms with E-state index >= 15 is 0 Å². The number of nitrogens with one attached hydrogen (secondary N) is 3. The molecule has 0 radical (unpaired) electrons. The molecule has 0 fully saturated rings. The topological polar surface area (TPSA) is 177 Å². The summed E-state index contributed by atoms with van der Waals surface area (Å²) in [6, 6.07) is -3.80. The highest BCUT2D eigenvalue weighted by Gasteiger charge is 2.30. The minimum atomic E-state index is -1.15. The lowest BCUT2D eigenvalue weighted by Gasteiger charge is -2.26. The van der Waals surface area contributed by atoms with Crippen LogP contribution in [-0.4, -0.2) is 65.3 Å². The van der Waals surface area contributed by atoms with Gasteiger partial charge in [0.1, 0.15) is 18.1 Å². The largest absolute Gasteiger partial charge is 0.480 e. The summed E-state index contributed by atoms with van der Waals surface area (Å²) < 4.78 is 0. The van der Waals surface area contributed by atoms with Crippen LogP contribution in [0, 0.1) is 5.92 Å². The van der Waals surface area contributed by atoms with Crippen LogP contribution >= 0.6 is 12.6 Å². The van der Waals surface area contributed by atoms with Crippen LogP contribution in [-0.2, 0) is 19.2 Å². The lowest BCUT2D eigenvalue weighted by Crippen LogP contribution is -2.57. The standard InChI is InChI=1S/C17H33N5O5S/c1-9(2)13(16(25)21-12(17(26)27)6-4-5-7-18)22-14(23)10(3)20-15(24)11(19)8-28/h9-13,28H,4-8,18-19H2,1-3H3,(H,20,24)(H,21,25)(H,22,23)(H,26,27)/t10-,11-,12-,13-/m0/s1. The van der Waals surface area contributed by atoms with Gasteiger partial charge in [0.15, 0.2) is 0 Å². The first-order valence-electron chi connectivity index (χ1n) is 9.25. The first-order valence-corrected chi connectivity index (χ1v) is 9.88. The number of rotatable bonds is 13. The van der Waals surface area contributed by atoms with Gasteiger partial charge in [0, 0.05) is 5.75 Å². The van der Waals surface area contributed by atoms with Gasteiger partial charge in [-0.1, -0.05) is 13.8 Å². The molecule has 0 rings (SSSR count). The number of amides is 3. The van der Waals surface area contributed by atoms with Gasteiger partial charge >= 0.3 is 5.97 Å². The maximum Gasteiger partial charge on any atom is 0.326 e. The maximum absolute atomic E-state index is 12.5. The zero-order chi connectivity index (χ0) is 21.9. The molecule has 0 aromatic heterocycles. The Kier molecular flexibility index (Phi) is 12.5. The van der Waals surface area contributed by atoms with Crippen molar-refractivity contribution < 1.29 is 24.3 Å². The lowest BCUT2D eigenvalue weighted by atomic mass is 10.0. The molecule has 0 aromatic carbocycles. The molecule has 28 heavy (non-hydrogen) atoms. The van der Waals surface area contributed by atoms with Gasteiger partial charge in [-0.15, -0.1) is 0 Å². The molecule has 0 aliphatic rings. The number of carbonyl (C=O) groups excluding carboxylic acids is 3. The smallest absolute Gasteiger partial charge is 0.326 e. The van der Waals surface area contributed by atoms with Gasteiger partial charge in [-0.25, -0.2) is 4.79 Å². The zero-order valence-electron chi connectivity index (χ0n) is 16.6. The fourth-order valence-corrected chi connectivity index (χ4v) is 2.46. The number of carboxylic acid groups (broad SMARTS) is 1. The number of aliphatic carboxylic acids is 1. The highest BCUT2D eigenvalue weighted by atomic mass is 32.1. The Hall–Kier alpha value is -1.85. The van der Waals surface area contributed by atoms with Crippen LogP contribution in [0.2, 0.25) is 0 Å². The van der Waals surface area contributed by atoms with E-state index in [-0.39, 0.29) is 18.1 Å². The minimum absolute atomic E-state index is 0.123. The second kappa shape index (κ2) is 13.3. The van der Waals surface area contributed by atoms with Crippen LogP contribution in [0.3, 0.4) is 0 Å². The summed E-state index contributed by atoms with van der Waals surface area (Å²) in [5, 5.41) is 16.7. The average Bonchev–Trinajstić information content (AvgIpc) is 2.63. The van der Waals surface area contributed by atoms with E-state index in [1.165, 1.54) is 6.92 Å². The molecule has 3 amide bonds. The molecule has 0 saturated carbocycles. The summed E-state index contributed by atoms with van der Waals surface area (Å²) in [5.74, 6) is -3.05. The Morgan fingerprint density at radius 1 is 0.964 bits per heavy atom. The number of unbranched alkanes of at least 4 members (excludes halogenated alkanes) is 1. The maximum atomic E-state index is 12.5. The number of carbonyl (C=O) groups is 4. The highest BCUT2D eigenvalue weighted by molar-refractivity contribution is 7.80. The van der Waals surface area contributed by atoms with Crippen molar-refractivity contribution in [1.29, 1.82) is 0 Å². The average molecular weight is 420 g/mol. The van der Waals surface area contributed by atoms with Crippen LogP contribution in [0.5, 0.6) is 0 Å². The number of carboxylic acids is 1. The summed E-state index contributed by atoms with van der Waals surface area (Å²) in [5.41, 5.74) is 10.9. The number of hydrogen-bond acceptors (Lipinski definition) is 7. The summed E-state index contributed by atoms with van der Waals surface area (Å²) in [7, 11) is 0. The monoisotopic (exact) mass is 419 g/mol. The molecule has 0 unspecified atom stereocenters. The van der Waals surface area contributed by atoms with Gasteiger partial charge in [0.05, 0.1) is 6.04 Å². The van der Waals surface area contributed by atoms with Crippen molar-refractivity contribution in [3.63, 3.8) is 0 Å². The number of nitrogens with two attached hydrogens (primary N) is 2. The van der Waals surface area contributed by atoms with E-state index in [0.717, 1.165) is 0 Å². The Morgan fingerprint density at radius 3 is 2.04 bits per heavy atom. The fraction of sp³-hybridized carbons (Fsp3) is 0.765. The molecule has 11 heteroatoms. The molecule has 0 saturated heterocycles. The van der Waals surface area contributed by atoms with E-state index in [1.807, 2.05) is 0 Å². The third kappa shape index (κ3) is 9.38. The normalized spacial score (nSPS) is 15.2. The van der Waals surface area contributed by atoms with Crippen molar-refractivity contribution in [2.24, 2.45) is 17.4 Å². The van der Waals surface area contributed by atoms with Crippen molar-refractivity contribution in [3.8, 4) is 0 Å².